The number of hydrogen-bond donors (Lipinski definition) is 1. The molecule has 0 saturated heterocycles. The first kappa shape index (κ1) is 21.1. The minimum absolute atomic E-state index is 0.315. The number of carbonyl (C=O) groups excluding carboxylic acids is 2. The van der Waals surface area contributed by atoms with Gasteiger partial charge in [0.05, 0.1) is 42.7 Å². The van der Waals surface area contributed by atoms with Gasteiger partial charge in [0.25, 0.3) is 0 Å². The van der Waals surface area contributed by atoms with Crippen molar-refractivity contribution < 1.29 is 19.1 Å². The number of carbonyl (C=O) groups is 2. The number of halogens is 1. The Morgan fingerprint density at radius 3 is 2.19 bits per heavy atom. The number of methoxy groups -OCH3 is 2. The van der Waals surface area contributed by atoms with Crippen LogP contribution in [0, 0.1) is 0 Å². The number of hydrogen-bond acceptors (Lipinski definition) is 7. The molecular formula is C22H20ClN3O4S. The number of fused-ring (bicyclic) bond motifs is 1. The molecule has 1 aliphatic heterocycles. The highest BCUT2D eigenvalue weighted by Gasteiger charge is 2.41. The quantitative estimate of drug-likeness (QED) is 0.588. The SMILES string of the molecule is COC(=O)C1=C(C)NC(C)=C(C(=O)OC)C1c1c(-c2ccccc2)nc2sc(Cl)cn12. The second-order valence-corrected chi connectivity index (χ2v) is 8.66. The van der Waals surface area contributed by atoms with E-state index in [0.717, 1.165) is 5.56 Å². The molecule has 1 N–H and O–H groups in total. The average Bonchev–Trinajstić information content (AvgIpc) is 3.28. The van der Waals surface area contributed by atoms with Crippen molar-refractivity contribution in [3.63, 3.8) is 0 Å². The van der Waals surface area contributed by atoms with Crippen LogP contribution in [0.2, 0.25) is 4.34 Å². The van der Waals surface area contributed by atoms with Crippen molar-refractivity contribution in [2.24, 2.45) is 0 Å². The molecule has 0 spiro atoms. The molecule has 3 heterocycles. The van der Waals surface area contributed by atoms with Gasteiger partial charge in [0, 0.05) is 23.2 Å². The zero-order valence-electron chi connectivity index (χ0n) is 17.4. The fourth-order valence-corrected chi connectivity index (χ4v) is 4.97. The van der Waals surface area contributed by atoms with Crippen molar-refractivity contribution in [1.82, 2.24) is 14.7 Å². The van der Waals surface area contributed by atoms with Crippen LogP contribution in [0.1, 0.15) is 25.5 Å². The molecule has 7 nitrogen and oxygen atoms in total. The monoisotopic (exact) mass is 457 g/mol. The summed E-state index contributed by atoms with van der Waals surface area (Å²) in [7, 11) is 2.63. The third-order valence-corrected chi connectivity index (χ3v) is 6.33. The van der Waals surface area contributed by atoms with Crippen molar-refractivity contribution in [3.8, 4) is 11.3 Å². The highest BCUT2D eigenvalue weighted by molar-refractivity contribution is 7.20. The summed E-state index contributed by atoms with van der Waals surface area (Å²) in [5.74, 6) is -1.85. The molecule has 0 saturated carbocycles. The summed E-state index contributed by atoms with van der Waals surface area (Å²) >= 11 is 7.60. The maximum absolute atomic E-state index is 12.9. The second-order valence-electron chi connectivity index (χ2n) is 7.02. The minimum atomic E-state index is -0.767. The van der Waals surface area contributed by atoms with E-state index < -0.39 is 17.9 Å². The van der Waals surface area contributed by atoms with Gasteiger partial charge in [-0.2, -0.15) is 0 Å². The van der Waals surface area contributed by atoms with Crippen molar-refractivity contribution in [1.29, 1.82) is 0 Å². The molecule has 0 unspecified atom stereocenters. The number of ether oxygens (including phenoxy) is 2. The van der Waals surface area contributed by atoms with Gasteiger partial charge in [0.2, 0.25) is 0 Å². The first-order valence-electron chi connectivity index (χ1n) is 9.45. The second kappa shape index (κ2) is 8.20. The van der Waals surface area contributed by atoms with Gasteiger partial charge in [0.15, 0.2) is 4.96 Å². The van der Waals surface area contributed by atoms with Crippen molar-refractivity contribution >= 4 is 39.8 Å². The standard InChI is InChI=1S/C22H20ClN3O4S/c1-11-15(20(27)29-3)17(16(12(2)24-11)21(28)30-4)19-18(13-8-6-5-7-9-13)25-22-26(19)10-14(23)31-22/h5-10,17,24H,1-4H3. The largest absolute Gasteiger partial charge is 0.466 e. The Kier molecular flexibility index (Phi) is 5.60. The first-order valence-corrected chi connectivity index (χ1v) is 10.6. The Bertz CT molecular complexity index is 1220. The van der Waals surface area contributed by atoms with Gasteiger partial charge in [-0.05, 0) is 13.8 Å². The van der Waals surface area contributed by atoms with Crippen molar-refractivity contribution in [2.45, 2.75) is 19.8 Å². The van der Waals surface area contributed by atoms with Crippen molar-refractivity contribution in [2.75, 3.05) is 14.2 Å². The van der Waals surface area contributed by atoms with Gasteiger partial charge < -0.3 is 14.8 Å². The lowest BCUT2D eigenvalue weighted by Crippen LogP contribution is -2.32. The predicted molar refractivity (Wildman–Crippen MR) is 119 cm³/mol. The maximum Gasteiger partial charge on any atom is 0.336 e. The van der Waals surface area contributed by atoms with Gasteiger partial charge in [-0.15, -0.1) is 0 Å². The third kappa shape index (κ3) is 3.51. The van der Waals surface area contributed by atoms with E-state index >= 15 is 0 Å². The molecule has 0 bridgehead atoms. The van der Waals surface area contributed by atoms with Gasteiger partial charge in [0.1, 0.15) is 4.34 Å². The molecule has 1 aliphatic rings. The molecule has 0 aliphatic carbocycles. The third-order valence-electron chi connectivity index (χ3n) is 5.23. The fourth-order valence-electron chi connectivity index (χ4n) is 3.95. The van der Waals surface area contributed by atoms with Crippen LogP contribution < -0.4 is 5.32 Å². The van der Waals surface area contributed by atoms with Gasteiger partial charge in [-0.1, -0.05) is 53.3 Å². The molecule has 4 rings (SSSR count). The zero-order valence-corrected chi connectivity index (χ0v) is 18.9. The number of rotatable bonds is 4. The predicted octanol–water partition coefficient (Wildman–Crippen LogP) is 4.30. The molecule has 9 heteroatoms. The Balaban J connectivity index is 2.09. The molecule has 2 aromatic heterocycles. The summed E-state index contributed by atoms with van der Waals surface area (Å²) < 4.78 is 12.5. The lowest BCUT2D eigenvalue weighted by Gasteiger charge is -2.30. The van der Waals surface area contributed by atoms with E-state index in [1.54, 1.807) is 20.0 Å². The minimum Gasteiger partial charge on any atom is -0.466 e. The highest BCUT2D eigenvalue weighted by Crippen LogP contribution is 2.44. The molecule has 0 amide bonds. The zero-order chi connectivity index (χ0) is 22.3. The number of benzene rings is 1. The molecule has 160 valence electrons. The number of imidazole rings is 1. The molecule has 3 aromatic rings. The van der Waals surface area contributed by atoms with Crippen molar-refractivity contribution in [3.05, 3.63) is 69.1 Å². The normalized spacial score (nSPS) is 14.7. The summed E-state index contributed by atoms with van der Waals surface area (Å²) in [6.45, 7) is 3.55. The number of thiazole rings is 1. The fraction of sp³-hybridized carbons (Fsp3) is 0.227. The highest BCUT2D eigenvalue weighted by atomic mass is 35.5. The number of dihydropyridines is 1. The lowest BCUT2D eigenvalue weighted by molar-refractivity contribution is -0.137. The van der Waals surface area contributed by atoms with Gasteiger partial charge in [-0.3, -0.25) is 4.40 Å². The van der Waals surface area contributed by atoms with Crippen LogP contribution in [0.15, 0.2) is 59.1 Å². The molecule has 0 radical (unpaired) electrons. The number of nitrogens with one attached hydrogen (secondary N) is 1. The van der Waals surface area contributed by atoms with E-state index in [1.165, 1.54) is 25.6 Å². The van der Waals surface area contributed by atoms with E-state index in [1.807, 2.05) is 34.7 Å². The van der Waals surface area contributed by atoms with Crippen LogP contribution in [0.25, 0.3) is 16.2 Å². The van der Waals surface area contributed by atoms with Gasteiger partial charge in [-0.25, -0.2) is 14.6 Å². The summed E-state index contributed by atoms with van der Waals surface area (Å²) in [6, 6.07) is 9.60. The van der Waals surface area contributed by atoms with E-state index in [0.29, 0.717) is 43.2 Å². The maximum atomic E-state index is 12.9. The van der Waals surface area contributed by atoms with E-state index in [9.17, 15) is 9.59 Å². The summed E-state index contributed by atoms with van der Waals surface area (Å²) in [5.41, 5.74) is 3.97. The number of esters is 2. The van der Waals surface area contributed by atoms with Crippen LogP contribution in [0.4, 0.5) is 0 Å². The first-order chi connectivity index (χ1) is 14.9. The Morgan fingerprint density at radius 1 is 1.06 bits per heavy atom. The van der Waals surface area contributed by atoms with E-state index in [2.05, 4.69) is 5.32 Å². The molecule has 0 atom stereocenters. The number of allylic oxidation sites excluding steroid dienone is 2. The van der Waals surface area contributed by atoms with Crippen LogP contribution in [-0.4, -0.2) is 35.5 Å². The Morgan fingerprint density at radius 2 is 1.65 bits per heavy atom. The molecular weight excluding hydrogens is 438 g/mol. The van der Waals surface area contributed by atoms with E-state index in [4.69, 9.17) is 26.1 Å². The Hall–Kier alpha value is -3.10. The molecule has 1 aromatic carbocycles. The van der Waals surface area contributed by atoms with Crippen LogP contribution in [-0.2, 0) is 19.1 Å². The summed E-state index contributed by atoms with van der Waals surface area (Å²) in [6.07, 6.45) is 1.74. The summed E-state index contributed by atoms with van der Waals surface area (Å²) in [4.78, 5) is 31.2. The van der Waals surface area contributed by atoms with Crippen LogP contribution in [0.5, 0.6) is 0 Å². The summed E-state index contributed by atoms with van der Waals surface area (Å²) in [5, 5.41) is 3.12. The number of aromatic nitrogens is 2. The number of nitrogens with zero attached hydrogens (tertiary/aromatic N) is 2. The van der Waals surface area contributed by atoms with Crippen LogP contribution >= 0.6 is 22.9 Å². The van der Waals surface area contributed by atoms with Gasteiger partial charge >= 0.3 is 11.9 Å². The molecule has 31 heavy (non-hydrogen) atoms. The Labute approximate surface area is 187 Å². The lowest BCUT2D eigenvalue weighted by atomic mass is 9.81. The average molecular weight is 458 g/mol. The smallest absolute Gasteiger partial charge is 0.336 e. The molecule has 0 fully saturated rings. The van der Waals surface area contributed by atoms with Crippen LogP contribution in [0.3, 0.4) is 0 Å². The van der Waals surface area contributed by atoms with E-state index in [-0.39, 0.29) is 0 Å². The topological polar surface area (TPSA) is 81.9 Å².